The summed E-state index contributed by atoms with van der Waals surface area (Å²) in [7, 11) is 3.08. The molecule has 0 rings (SSSR count). The number of nitrogens with zero attached hydrogens (tertiary/aromatic N) is 1. The number of allylic oxidation sites excluding steroid dienone is 1. The first kappa shape index (κ1) is 9.75. The normalized spacial score (nSPS) is 12.6. The average molecular weight is 155 g/mol. The van der Waals surface area contributed by atoms with Crippen LogP contribution in [0.1, 0.15) is 6.92 Å². The van der Waals surface area contributed by atoms with Crippen molar-refractivity contribution < 1.29 is 9.47 Å². The maximum Gasteiger partial charge on any atom is 0.215 e. The number of ether oxygens (including phenoxy) is 2. The zero-order valence-electron chi connectivity index (χ0n) is 7.13. The van der Waals surface area contributed by atoms with Crippen molar-refractivity contribution in [2.75, 3.05) is 14.2 Å². The molecule has 3 nitrogen and oxygen atoms in total. The van der Waals surface area contributed by atoms with E-state index in [0.717, 1.165) is 0 Å². The summed E-state index contributed by atoms with van der Waals surface area (Å²) in [6.45, 7) is 5.35. The standard InChI is InChI=1S/C8H13NO2/c1-5-7(10-3)9-8(6-2)11-4/h5-6H,1H2,2-4H3/b8-6-,9-7+. The number of methoxy groups -OCH3 is 2. The van der Waals surface area contributed by atoms with Crippen LogP contribution in [0.5, 0.6) is 0 Å². The molecular weight excluding hydrogens is 142 g/mol. The summed E-state index contributed by atoms with van der Waals surface area (Å²) in [5.74, 6) is 0.960. The topological polar surface area (TPSA) is 30.8 Å². The SMILES string of the molecule is C=C/C(=N\C(=C\C)OC)OC. The van der Waals surface area contributed by atoms with E-state index in [2.05, 4.69) is 11.6 Å². The molecule has 0 spiro atoms. The molecule has 11 heavy (non-hydrogen) atoms. The highest BCUT2D eigenvalue weighted by Gasteiger charge is 1.92. The Morgan fingerprint density at radius 1 is 1.36 bits per heavy atom. The number of aliphatic imine (C=N–C) groups is 1. The van der Waals surface area contributed by atoms with Gasteiger partial charge in [0.2, 0.25) is 11.8 Å². The number of hydrogen-bond acceptors (Lipinski definition) is 3. The molecule has 0 bridgehead atoms. The Bertz CT molecular complexity index is 183. The van der Waals surface area contributed by atoms with Crippen molar-refractivity contribution in [3.8, 4) is 0 Å². The number of hydrogen-bond donors (Lipinski definition) is 0. The van der Waals surface area contributed by atoms with E-state index < -0.39 is 0 Å². The van der Waals surface area contributed by atoms with Crippen LogP contribution in [0.3, 0.4) is 0 Å². The van der Waals surface area contributed by atoms with Gasteiger partial charge in [0.1, 0.15) is 0 Å². The van der Waals surface area contributed by atoms with Gasteiger partial charge in [0.05, 0.1) is 14.2 Å². The average Bonchev–Trinajstić information content (AvgIpc) is 2.07. The first-order valence-electron chi connectivity index (χ1n) is 3.23. The summed E-state index contributed by atoms with van der Waals surface area (Å²) < 4.78 is 9.72. The minimum atomic E-state index is 0.444. The van der Waals surface area contributed by atoms with Crippen molar-refractivity contribution in [2.24, 2.45) is 4.99 Å². The van der Waals surface area contributed by atoms with Crippen LogP contribution in [0.4, 0.5) is 0 Å². The van der Waals surface area contributed by atoms with Gasteiger partial charge < -0.3 is 9.47 Å². The van der Waals surface area contributed by atoms with Gasteiger partial charge >= 0.3 is 0 Å². The monoisotopic (exact) mass is 155 g/mol. The van der Waals surface area contributed by atoms with Gasteiger partial charge in [-0.05, 0) is 19.1 Å². The van der Waals surface area contributed by atoms with Crippen LogP contribution in [-0.4, -0.2) is 20.1 Å². The largest absolute Gasteiger partial charge is 0.481 e. The summed E-state index contributed by atoms with van der Waals surface area (Å²) in [5.41, 5.74) is 0. The molecule has 62 valence electrons. The van der Waals surface area contributed by atoms with E-state index in [-0.39, 0.29) is 0 Å². The van der Waals surface area contributed by atoms with E-state index in [1.54, 1.807) is 13.2 Å². The molecule has 0 aliphatic rings. The van der Waals surface area contributed by atoms with Gasteiger partial charge in [-0.2, -0.15) is 4.99 Å². The number of rotatable bonds is 3. The predicted molar refractivity (Wildman–Crippen MR) is 45.4 cm³/mol. The van der Waals surface area contributed by atoms with Gasteiger partial charge in [0, 0.05) is 0 Å². The molecule has 0 aromatic carbocycles. The van der Waals surface area contributed by atoms with E-state index in [1.165, 1.54) is 13.2 Å². The summed E-state index contributed by atoms with van der Waals surface area (Å²) in [6.07, 6.45) is 3.26. The van der Waals surface area contributed by atoms with Gasteiger partial charge in [-0.1, -0.05) is 6.58 Å². The van der Waals surface area contributed by atoms with E-state index in [0.29, 0.717) is 11.8 Å². The van der Waals surface area contributed by atoms with Crippen molar-refractivity contribution in [1.82, 2.24) is 0 Å². The predicted octanol–water partition coefficient (Wildman–Crippen LogP) is 1.72. The first-order valence-corrected chi connectivity index (χ1v) is 3.23. The Morgan fingerprint density at radius 3 is 2.27 bits per heavy atom. The lowest BCUT2D eigenvalue weighted by atomic mass is 10.6. The Balaban J connectivity index is 4.35. The molecule has 0 aromatic rings. The van der Waals surface area contributed by atoms with Gasteiger partial charge in [0.15, 0.2) is 0 Å². The Hall–Kier alpha value is -1.25. The molecule has 0 N–H and O–H groups in total. The molecule has 3 heteroatoms. The van der Waals surface area contributed by atoms with Crippen LogP contribution < -0.4 is 0 Å². The van der Waals surface area contributed by atoms with E-state index >= 15 is 0 Å². The maximum atomic E-state index is 4.88. The maximum absolute atomic E-state index is 4.88. The van der Waals surface area contributed by atoms with E-state index in [4.69, 9.17) is 9.47 Å². The molecule has 0 fully saturated rings. The second-order valence-corrected chi connectivity index (χ2v) is 1.69. The second kappa shape index (κ2) is 5.53. The van der Waals surface area contributed by atoms with Crippen LogP contribution >= 0.6 is 0 Å². The molecule has 0 saturated carbocycles. The van der Waals surface area contributed by atoms with Crippen molar-refractivity contribution in [1.29, 1.82) is 0 Å². The molecule has 0 unspecified atom stereocenters. The lowest BCUT2D eigenvalue weighted by Gasteiger charge is -2.00. The summed E-state index contributed by atoms with van der Waals surface area (Å²) in [5, 5.41) is 0. The molecule has 0 aromatic heterocycles. The van der Waals surface area contributed by atoms with Crippen LogP contribution in [0.15, 0.2) is 29.6 Å². The highest BCUT2D eigenvalue weighted by Crippen LogP contribution is 1.98. The fraction of sp³-hybridized carbons (Fsp3) is 0.375. The van der Waals surface area contributed by atoms with Crippen LogP contribution in [0.25, 0.3) is 0 Å². The van der Waals surface area contributed by atoms with Gasteiger partial charge in [-0.3, -0.25) is 0 Å². The Kier molecular flexibility index (Phi) is 4.90. The summed E-state index contributed by atoms with van der Waals surface area (Å²) in [6, 6.07) is 0. The minimum Gasteiger partial charge on any atom is -0.481 e. The lowest BCUT2D eigenvalue weighted by molar-refractivity contribution is 0.284. The van der Waals surface area contributed by atoms with Crippen molar-refractivity contribution in [3.05, 3.63) is 24.6 Å². The fourth-order valence-electron chi connectivity index (χ4n) is 0.511. The Morgan fingerprint density at radius 2 is 2.00 bits per heavy atom. The molecule has 0 radical (unpaired) electrons. The molecular formula is C8H13NO2. The summed E-state index contributed by atoms with van der Waals surface area (Å²) >= 11 is 0. The van der Waals surface area contributed by atoms with Crippen molar-refractivity contribution in [3.63, 3.8) is 0 Å². The van der Waals surface area contributed by atoms with Crippen LogP contribution in [0, 0.1) is 0 Å². The highest BCUT2D eigenvalue weighted by molar-refractivity contribution is 5.87. The van der Waals surface area contributed by atoms with Crippen LogP contribution in [0.2, 0.25) is 0 Å². The molecule has 0 saturated heterocycles. The third kappa shape index (κ3) is 3.45. The molecule has 0 aliphatic carbocycles. The van der Waals surface area contributed by atoms with Crippen LogP contribution in [-0.2, 0) is 9.47 Å². The fourth-order valence-corrected chi connectivity index (χ4v) is 0.511. The Labute approximate surface area is 67.0 Å². The molecule has 0 heterocycles. The third-order valence-electron chi connectivity index (χ3n) is 1.06. The van der Waals surface area contributed by atoms with Gasteiger partial charge in [0.25, 0.3) is 0 Å². The van der Waals surface area contributed by atoms with Gasteiger partial charge in [-0.25, -0.2) is 0 Å². The third-order valence-corrected chi connectivity index (χ3v) is 1.06. The highest BCUT2D eigenvalue weighted by atomic mass is 16.5. The zero-order valence-corrected chi connectivity index (χ0v) is 7.13. The summed E-state index contributed by atoms with van der Waals surface area (Å²) in [4.78, 5) is 3.97. The molecule has 0 aliphatic heterocycles. The van der Waals surface area contributed by atoms with Gasteiger partial charge in [-0.15, -0.1) is 0 Å². The second-order valence-electron chi connectivity index (χ2n) is 1.69. The lowest BCUT2D eigenvalue weighted by Crippen LogP contribution is -1.97. The molecule has 0 atom stereocenters. The smallest absolute Gasteiger partial charge is 0.215 e. The zero-order chi connectivity index (χ0) is 8.69. The van der Waals surface area contributed by atoms with Crippen molar-refractivity contribution in [2.45, 2.75) is 6.92 Å². The van der Waals surface area contributed by atoms with Crippen molar-refractivity contribution >= 4 is 5.90 Å². The van der Waals surface area contributed by atoms with E-state index in [9.17, 15) is 0 Å². The minimum absolute atomic E-state index is 0.444. The van der Waals surface area contributed by atoms with E-state index in [1.807, 2.05) is 6.92 Å². The molecule has 0 amide bonds. The first-order chi connectivity index (χ1) is 5.28. The quantitative estimate of drug-likeness (QED) is 0.353.